The fourth-order valence-corrected chi connectivity index (χ4v) is 7.72. The number of unbranched alkanes of at least 4 members (excludes halogenated alkanes) is 30. The van der Waals surface area contributed by atoms with Crippen molar-refractivity contribution in [2.75, 3.05) is 5.75 Å². The fraction of sp³-hybridized carbons (Fsp3) is 0.889. The summed E-state index contributed by atoms with van der Waals surface area (Å²) >= 11 is 0. The third kappa shape index (κ3) is 38.8. The van der Waals surface area contributed by atoms with E-state index in [1.807, 2.05) is 6.08 Å². The summed E-state index contributed by atoms with van der Waals surface area (Å²) in [5.41, 5.74) is 0. The van der Waals surface area contributed by atoms with Gasteiger partial charge >= 0.3 is 0 Å². The van der Waals surface area contributed by atoms with Crippen molar-refractivity contribution in [3.63, 3.8) is 0 Å². The number of amides is 1. The Bertz CT molecular complexity index is 953. The molecule has 7 nitrogen and oxygen atoms in total. The van der Waals surface area contributed by atoms with E-state index < -0.39 is 40.0 Å². The number of carbonyl (C=O) groups is 1. The maximum absolute atomic E-state index is 12.6. The van der Waals surface area contributed by atoms with Crippen LogP contribution in [0.1, 0.15) is 232 Å². The van der Waals surface area contributed by atoms with Crippen LogP contribution in [0.3, 0.4) is 0 Å². The van der Waals surface area contributed by atoms with Gasteiger partial charge in [-0.2, -0.15) is 8.42 Å². The molecule has 0 saturated carbocycles. The Morgan fingerprint density at radius 3 is 1.19 bits per heavy atom. The van der Waals surface area contributed by atoms with Gasteiger partial charge in [0.15, 0.2) is 0 Å². The summed E-state index contributed by atoms with van der Waals surface area (Å²) in [6.45, 7) is 4.53. The van der Waals surface area contributed by atoms with E-state index in [-0.39, 0.29) is 6.42 Å². The van der Waals surface area contributed by atoms with E-state index in [0.717, 1.165) is 51.4 Å². The number of allylic oxidation sites excluding steroid dienone is 3. The lowest BCUT2D eigenvalue weighted by Crippen LogP contribution is -2.50. The van der Waals surface area contributed by atoms with Crippen molar-refractivity contribution >= 4 is 16.0 Å². The second kappa shape index (κ2) is 39.0. The highest BCUT2D eigenvalue weighted by Gasteiger charge is 2.27. The molecule has 4 N–H and O–H groups in total. The lowest BCUT2D eigenvalue weighted by molar-refractivity contribution is -0.130. The Balaban J connectivity index is 3.99. The van der Waals surface area contributed by atoms with E-state index >= 15 is 0 Å². The summed E-state index contributed by atoms with van der Waals surface area (Å²) < 4.78 is 32.6. The first-order valence-corrected chi connectivity index (χ1v) is 24.3. The molecule has 0 aliphatic heterocycles. The molecule has 0 fully saturated rings. The average Bonchev–Trinajstić information content (AvgIpc) is 3.12. The Hall–Kier alpha value is -1.22. The number of nitrogens with one attached hydrogen (secondary N) is 1. The Kier molecular flexibility index (Phi) is 38.1. The molecule has 0 aliphatic rings. The topological polar surface area (TPSA) is 124 Å². The highest BCUT2D eigenvalue weighted by Crippen LogP contribution is 2.16. The number of carbonyl (C=O) groups excluding carboxylic acids is 1. The Morgan fingerprint density at radius 1 is 0.509 bits per heavy atom. The minimum Gasteiger partial charge on any atom is -0.387 e. The largest absolute Gasteiger partial charge is 0.387 e. The van der Waals surface area contributed by atoms with Crippen molar-refractivity contribution in [3.05, 3.63) is 24.3 Å². The van der Waals surface area contributed by atoms with Gasteiger partial charge in [-0.3, -0.25) is 9.35 Å². The zero-order valence-electron chi connectivity index (χ0n) is 34.8. The van der Waals surface area contributed by atoms with Crippen LogP contribution in [0.5, 0.6) is 0 Å². The molecule has 0 saturated heterocycles. The van der Waals surface area contributed by atoms with Crippen molar-refractivity contribution in [1.29, 1.82) is 0 Å². The molecule has 314 valence electrons. The molecule has 8 heteroatoms. The molecule has 0 aromatic carbocycles. The van der Waals surface area contributed by atoms with E-state index in [2.05, 4.69) is 31.3 Å². The molecule has 0 aliphatic carbocycles. The molecule has 0 radical (unpaired) electrons. The molecule has 1 amide bonds. The normalized spacial score (nSPS) is 14.0. The molecule has 0 aromatic heterocycles. The van der Waals surface area contributed by atoms with Crippen molar-refractivity contribution in [1.82, 2.24) is 5.32 Å². The van der Waals surface area contributed by atoms with Gasteiger partial charge in [0.25, 0.3) is 10.1 Å². The van der Waals surface area contributed by atoms with Crippen molar-refractivity contribution < 1.29 is 28.0 Å². The van der Waals surface area contributed by atoms with Gasteiger partial charge < -0.3 is 15.5 Å². The van der Waals surface area contributed by atoms with E-state index in [1.165, 1.54) is 160 Å². The van der Waals surface area contributed by atoms with Gasteiger partial charge in [-0.25, -0.2) is 0 Å². The molecular weight excluding hydrogens is 683 g/mol. The quantitative estimate of drug-likeness (QED) is 0.0279. The second-order valence-corrected chi connectivity index (χ2v) is 17.3. The monoisotopic (exact) mass is 770 g/mol. The van der Waals surface area contributed by atoms with Gasteiger partial charge in [-0.15, -0.1) is 0 Å². The molecule has 0 spiro atoms. The minimum absolute atomic E-state index is 0.268. The van der Waals surface area contributed by atoms with Crippen LogP contribution in [-0.4, -0.2) is 53.1 Å². The van der Waals surface area contributed by atoms with Crippen LogP contribution in [0.2, 0.25) is 0 Å². The first-order valence-electron chi connectivity index (χ1n) is 22.6. The molecule has 53 heavy (non-hydrogen) atoms. The SMILES string of the molecule is CCCCCCCCCCC/C=C\CCCCCCC(O)C(=O)NC(CS(=O)(=O)O)C(O)/C=C/CCCCCCCCCCCCCCCCCCC. The Morgan fingerprint density at radius 2 is 0.830 bits per heavy atom. The first-order chi connectivity index (χ1) is 25.7. The third-order valence-corrected chi connectivity index (χ3v) is 11.3. The first kappa shape index (κ1) is 51.8. The average molecular weight is 770 g/mol. The standard InChI is InChI=1S/C45H87NO6S/c1-3-5-7-9-11-13-15-17-19-21-22-24-25-27-29-31-33-35-37-39-43(47)42(41-53(50,51)52)46-45(49)44(48)40-38-36-34-32-30-28-26-23-20-18-16-14-12-10-8-6-4-2/h26,28,37,39,42-44,47-48H,3-25,27,29-36,38,40-41H2,1-2H3,(H,46,49)(H,50,51,52)/b28-26-,39-37+. The van der Waals surface area contributed by atoms with Crippen LogP contribution in [0.15, 0.2) is 24.3 Å². The zero-order valence-corrected chi connectivity index (χ0v) is 35.6. The molecule has 0 rings (SSSR count). The maximum Gasteiger partial charge on any atom is 0.267 e. The summed E-state index contributed by atoms with van der Waals surface area (Å²) in [7, 11) is -4.44. The summed E-state index contributed by atoms with van der Waals surface area (Å²) in [5, 5.41) is 23.4. The fourth-order valence-electron chi connectivity index (χ4n) is 6.98. The predicted molar refractivity (Wildman–Crippen MR) is 227 cm³/mol. The molecule has 3 atom stereocenters. The highest BCUT2D eigenvalue weighted by atomic mass is 32.2. The van der Waals surface area contributed by atoms with Crippen LogP contribution in [0.25, 0.3) is 0 Å². The zero-order chi connectivity index (χ0) is 39.1. The van der Waals surface area contributed by atoms with E-state index in [0.29, 0.717) is 6.42 Å². The number of hydrogen-bond acceptors (Lipinski definition) is 5. The van der Waals surface area contributed by atoms with Crippen molar-refractivity contribution in [3.8, 4) is 0 Å². The van der Waals surface area contributed by atoms with Crippen molar-refractivity contribution in [2.24, 2.45) is 0 Å². The number of hydrogen-bond donors (Lipinski definition) is 4. The molecule has 3 unspecified atom stereocenters. The molecule has 0 heterocycles. The minimum atomic E-state index is -4.44. The van der Waals surface area contributed by atoms with Crippen LogP contribution >= 0.6 is 0 Å². The molecule has 0 aromatic rings. The summed E-state index contributed by atoms with van der Waals surface area (Å²) in [5.74, 6) is -1.54. The number of rotatable bonds is 41. The van der Waals surface area contributed by atoms with Gasteiger partial charge in [0, 0.05) is 0 Å². The van der Waals surface area contributed by atoms with Gasteiger partial charge in [0.05, 0.1) is 17.9 Å². The Labute approximate surface area is 328 Å². The smallest absolute Gasteiger partial charge is 0.267 e. The summed E-state index contributed by atoms with van der Waals surface area (Å²) in [4.78, 5) is 12.6. The van der Waals surface area contributed by atoms with E-state index in [1.54, 1.807) is 0 Å². The van der Waals surface area contributed by atoms with Crippen LogP contribution in [0, 0.1) is 0 Å². The van der Waals surface area contributed by atoms with Crippen molar-refractivity contribution in [2.45, 2.75) is 250 Å². The maximum atomic E-state index is 12.6. The van der Waals surface area contributed by atoms with E-state index in [9.17, 15) is 28.0 Å². The van der Waals surface area contributed by atoms with Gasteiger partial charge in [0.1, 0.15) is 6.10 Å². The van der Waals surface area contributed by atoms with Crippen LogP contribution in [-0.2, 0) is 14.9 Å². The summed E-state index contributed by atoms with van der Waals surface area (Å²) in [6, 6.07) is -1.23. The lowest BCUT2D eigenvalue weighted by Gasteiger charge is -2.22. The number of aliphatic hydroxyl groups is 2. The predicted octanol–water partition coefficient (Wildman–Crippen LogP) is 12.5. The second-order valence-electron chi connectivity index (χ2n) is 15.8. The van der Waals surface area contributed by atoms with Gasteiger partial charge in [-0.1, -0.05) is 212 Å². The summed E-state index contributed by atoms with van der Waals surface area (Å²) in [6.07, 6.45) is 46.6. The molecular formula is C45H87NO6S. The van der Waals surface area contributed by atoms with Gasteiger partial charge in [-0.05, 0) is 44.9 Å². The lowest BCUT2D eigenvalue weighted by atomic mass is 10.0. The van der Waals surface area contributed by atoms with Crippen LogP contribution < -0.4 is 5.32 Å². The number of aliphatic hydroxyl groups excluding tert-OH is 2. The highest BCUT2D eigenvalue weighted by molar-refractivity contribution is 7.85. The molecule has 0 bridgehead atoms. The van der Waals surface area contributed by atoms with E-state index in [4.69, 9.17) is 0 Å². The third-order valence-electron chi connectivity index (χ3n) is 10.5. The van der Waals surface area contributed by atoms with Gasteiger partial charge in [0.2, 0.25) is 5.91 Å². The van der Waals surface area contributed by atoms with Crippen LogP contribution in [0.4, 0.5) is 0 Å².